The molecule has 0 aromatic rings. The average molecular weight is 208 g/mol. The molecule has 1 N–H and O–H groups in total. The molecule has 15 heavy (non-hydrogen) atoms. The van der Waals surface area contributed by atoms with E-state index in [-0.39, 0.29) is 0 Å². The van der Waals surface area contributed by atoms with E-state index < -0.39 is 0 Å². The lowest BCUT2D eigenvalue weighted by molar-refractivity contribution is 0.188. The fourth-order valence-electron chi connectivity index (χ4n) is 2.20. The molecular formula is C13H24N2. The van der Waals surface area contributed by atoms with Gasteiger partial charge < -0.3 is 5.32 Å². The van der Waals surface area contributed by atoms with Crippen molar-refractivity contribution in [3.05, 3.63) is 0 Å². The molecule has 1 saturated heterocycles. The van der Waals surface area contributed by atoms with Crippen molar-refractivity contribution in [2.24, 2.45) is 0 Å². The Hall–Kier alpha value is -0.520. The van der Waals surface area contributed by atoms with Gasteiger partial charge in [-0.05, 0) is 32.9 Å². The summed E-state index contributed by atoms with van der Waals surface area (Å²) >= 11 is 0. The van der Waals surface area contributed by atoms with Gasteiger partial charge in [0.1, 0.15) is 0 Å². The standard InChI is InChI=1S/C13H24N2/c1-3-9-14-12-13(2)15-10-7-5-4-6-8-11-15/h1,13-14H,4-12H2,2H3. The van der Waals surface area contributed by atoms with Gasteiger partial charge in [0, 0.05) is 12.6 Å². The molecule has 0 aromatic carbocycles. The Morgan fingerprint density at radius 2 is 1.80 bits per heavy atom. The first-order valence-corrected chi connectivity index (χ1v) is 6.23. The number of rotatable bonds is 4. The smallest absolute Gasteiger partial charge is 0.0574 e. The summed E-state index contributed by atoms with van der Waals surface area (Å²) in [4.78, 5) is 2.60. The van der Waals surface area contributed by atoms with Gasteiger partial charge in [-0.15, -0.1) is 6.42 Å². The van der Waals surface area contributed by atoms with Gasteiger partial charge in [0.2, 0.25) is 0 Å². The maximum atomic E-state index is 5.21. The summed E-state index contributed by atoms with van der Waals surface area (Å²) in [5, 5.41) is 3.29. The van der Waals surface area contributed by atoms with Crippen molar-refractivity contribution >= 4 is 0 Å². The van der Waals surface area contributed by atoms with Crippen LogP contribution in [0, 0.1) is 12.3 Å². The molecule has 86 valence electrons. The summed E-state index contributed by atoms with van der Waals surface area (Å²) in [6.07, 6.45) is 12.2. The third-order valence-electron chi connectivity index (χ3n) is 3.18. The van der Waals surface area contributed by atoms with E-state index in [0.717, 1.165) is 6.54 Å². The van der Waals surface area contributed by atoms with E-state index in [1.54, 1.807) is 0 Å². The highest BCUT2D eigenvalue weighted by molar-refractivity contribution is 4.87. The average Bonchev–Trinajstić information content (AvgIpc) is 2.17. The van der Waals surface area contributed by atoms with Gasteiger partial charge in [-0.3, -0.25) is 4.90 Å². The second kappa shape index (κ2) is 7.73. The molecule has 1 fully saturated rings. The topological polar surface area (TPSA) is 15.3 Å². The zero-order chi connectivity index (χ0) is 10.9. The van der Waals surface area contributed by atoms with Gasteiger partial charge in [0.15, 0.2) is 0 Å². The highest BCUT2D eigenvalue weighted by Crippen LogP contribution is 2.12. The van der Waals surface area contributed by atoms with Crippen LogP contribution in [0.15, 0.2) is 0 Å². The van der Waals surface area contributed by atoms with E-state index in [9.17, 15) is 0 Å². The van der Waals surface area contributed by atoms with E-state index in [1.165, 1.54) is 45.2 Å². The van der Waals surface area contributed by atoms with Gasteiger partial charge in [-0.2, -0.15) is 0 Å². The SMILES string of the molecule is C#CCNCC(C)N1CCCCCCC1. The fraction of sp³-hybridized carbons (Fsp3) is 0.846. The number of likely N-dealkylation sites (tertiary alicyclic amines) is 1. The predicted molar refractivity (Wildman–Crippen MR) is 65.8 cm³/mol. The third kappa shape index (κ3) is 5.20. The van der Waals surface area contributed by atoms with E-state index >= 15 is 0 Å². The largest absolute Gasteiger partial charge is 0.305 e. The van der Waals surface area contributed by atoms with Gasteiger partial charge in [-0.1, -0.05) is 25.2 Å². The second-order valence-corrected chi connectivity index (χ2v) is 4.49. The molecule has 2 heteroatoms. The van der Waals surface area contributed by atoms with Crippen LogP contribution in [0.25, 0.3) is 0 Å². The van der Waals surface area contributed by atoms with Gasteiger partial charge in [0.25, 0.3) is 0 Å². The zero-order valence-electron chi connectivity index (χ0n) is 9.97. The van der Waals surface area contributed by atoms with Crippen LogP contribution >= 0.6 is 0 Å². The van der Waals surface area contributed by atoms with Crippen LogP contribution in [-0.2, 0) is 0 Å². The van der Waals surface area contributed by atoms with Crippen LogP contribution in [0.5, 0.6) is 0 Å². The molecule has 0 aliphatic carbocycles. The summed E-state index contributed by atoms with van der Waals surface area (Å²) in [5.74, 6) is 2.62. The van der Waals surface area contributed by atoms with Crippen LogP contribution in [0.1, 0.15) is 39.0 Å². The number of terminal acetylenes is 1. The number of hydrogen-bond acceptors (Lipinski definition) is 2. The van der Waals surface area contributed by atoms with Crippen molar-refractivity contribution in [2.45, 2.75) is 45.1 Å². The maximum Gasteiger partial charge on any atom is 0.0574 e. The molecule has 1 rings (SSSR count). The van der Waals surface area contributed by atoms with E-state index in [1.807, 2.05) is 0 Å². The zero-order valence-corrected chi connectivity index (χ0v) is 9.97. The quantitative estimate of drug-likeness (QED) is 0.560. The Bertz CT molecular complexity index is 187. The monoisotopic (exact) mass is 208 g/mol. The number of nitrogens with zero attached hydrogens (tertiary/aromatic N) is 1. The summed E-state index contributed by atoms with van der Waals surface area (Å²) < 4.78 is 0. The molecule has 0 radical (unpaired) electrons. The van der Waals surface area contributed by atoms with Crippen molar-refractivity contribution in [1.29, 1.82) is 0 Å². The van der Waals surface area contributed by atoms with Crippen molar-refractivity contribution in [2.75, 3.05) is 26.2 Å². The van der Waals surface area contributed by atoms with Crippen molar-refractivity contribution in [1.82, 2.24) is 10.2 Å². The first-order valence-electron chi connectivity index (χ1n) is 6.23. The molecule has 0 aromatic heterocycles. The Morgan fingerprint density at radius 3 is 2.40 bits per heavy atom. The predicted octanol–water partition coefficient (Wildman–Crippen LogP) is 1.86. The molecular weight excluding hydrogens is 184 g/mol. The van der Waals surface area contributed by atoms with Crippen LogP contribution < -0.4 is 5.32 Å². The summed E-state index contributed by atoms with van der Waals surface area (Å²) in [7, 11) is 0. The highest BCUT2D eigenvalue weighted by atomic mass is 15.2. The lowest BCUT2D eigenvalue weighted by atomic mass is 10.1. The lowest BCUT2D eigenvalue weighted by Gasteiger charge is -2.30. The van der Waals surface area contributed by atoms with Crippen molar-refractivity contribution in [3.63, 3.8) is 0 Å². The van der Waals surface area contributed by atoms with Crippen LogP contribution in [0.2, 0.25) is 0 Å². The second-order valence-electron chi connectivity index (χ2n) is 4.49. The first kappa shape index (κ1) is 12.5. The van der Waals surface area contributed by atoms with Crippen LogP contribution in [0.4, 0.5) is 0 Å². The van der Waals surface area contributed by atoms with Gasteiger partial charge >= 0.3 is 0 Å². The molecule has 1 aliphatic heterocycles. The van der Waals surface area contributed by atoms with Crippen LogP contribution in [0.3, 0.4) is 0 Å². The first-order chi connectivity index (χ1) is 7.34. The van der Waals surface area contributed by atoms with E-state index in [0.29, 0.717) is 12.6 Å². The maximum absolute atomic E-state index is 5.21. The van der Waals surface area contributed by atoms with Gasteiger partial charge in [-0.25, -0.2) is 0 Å². The number of nitrogens with one attached hydrogen (secondary N) is 1. The molecule has 0 saturated carbocycles. The molecule has 2 nitrogen and oxygen atoms in total. The molecule has 0 bridgehead atoms. The molecule has 0 amide bonds. The minimum Gasteiger partial charge on any atom is -0.305 e. The minimum absolute atomic E-state index is 0.622. The van der Waals surface area contributed by atoms with Gasteiger partial charge in [0.05, 0.1) is 6.54 Å². The Kier molecular flexibility index (Phi) is 6.47. The summed E-state index contributed by atoms with van der Waals surface area (Å²) in [6, 6.07) is 0.622. The Morgan fingerprint density at radius 1 is 1.20 bits per heavy atom. The fourth-order valence-corrected chi connectivity index (χ4v) is 2.20. The number of hydrogen-bond donors (Lipinski definition) is 1. The molecule has 1 heterocycles. The molecule has 1 aliphatic rings. The third-order valence-corrected chi connectivity index (χ3v) is 3.18. The molecule has 0 spiro atoms. The van der Waals surface area contributed by atoms with Crippen molar-refractivity contribution in [3.8, 4) is 12.3 Å². The van der Waals surface area contributed by atoms with E-state index in [4.69, 9.17) is 6.42 Å². The Labute approximate surface area is 94.4 Å². The molecule has 1 atom stereocenters. The Balaban J connectivity index is 2.22. The summed E-state index contributed by atoms with van der Waals surface area (Å²) in [5.41, 5.74) is 0. The molecule has 1 unspecified atom stereocenters. The minimum atomic E-state index is 0.622. The normalized spacial score (nSPS) is 21.3. The lowest BCUT2D eigenvalue weighted by Crippen LogP contribution is -2.42. The summed E-state index contributed by atoms with van der Waals surface area (Å²) in [6.45, 7) is 6.53. The van der Waals surface area contributed by atoms with Crippen LogP contribution in [-0.4, -0.2) is 37.1 Å². The highest BCUT2D eigenvalue weighted by Gasteiger charge is 2.13. The van der Waals surface area contributed by atoms with E-state index in [2.05, 4.69) is 23.1 Å². The van der Waals surface area contributed by atoms with Crippen molar-refractivity contribution < 1.29 is 0 Å².